The van der Waals surface area contributed by atoms with Gasteiger partial charge in [-0.05, 0) is 48.9 Å². The van der Waals surface area contributed by atoms with E-state index in [4.69, 9.17) is 14.2 Å². The first-order valence-corrected chi connectivity index (χ1v) is 10.5. The van der Waals surface area contributed by atoms with E-state index in [1.807, 2.05) is 25.1 Å². The number of carbonyl (C=O) groups excluding carboxylic acids is 2. The van der Waals surface area contributed by atoms with Crippen LogP contribution in [0.15, 0.2) is 66.7 Å². The zero-order chi connectivity index (χ0) is 23.2. The van der Waals surface area contributed by atoms with Crippen molar-refractivity contribution in [2.45, 2.75) is 13.5 Å². The summed E-state index contributed by atoms with van der Waals surface area (Å²) in [7, 11) is 0. The highest BCUT2D eigenvalue weighted by Crippen LogP contribution is 2.33. The predicted molar refractivity (Wildman–Crippen MR) is 120 cm³/mol. The molecular weight excluding hydrogens is 427 g/mol. The Morgan fingerprint density at radius 3 is 2.61 bits per heavy atom. The van der Waals surface area contributed by atoms with Gasteiger partial charge in [0.15, 0.2) is 18.1 Å². The van der Waals surface area contributed by atoms with Crippen molar-refractivity contribution in [3.63, 3.8) is 0 Å². The van der Waals surface area contributed by atoms with Crippen LogP contribution in [0.4, 0.5) is 10.1 Å². The summed E-state index contributed by atoms with van der Waals surface area (Å²) in [6, 6.07) is 18.1. The van der Waals surface area contributed by atoms with Crippen molar-refractivity contribution >= 4 is 17.5 Å². The van der Waals surface area contributed by atoms with Crippen LogP contribution in [0.3, 0.4) is 0 Å². The second-order valence-electron chi connectivity index (χ2n) is 7.32. The van der Waals surface area contributed by atoms with Gasteiger partial charge in [0.25, 0.3) is 11.8 Å². The molecule has 33 heavy (non-hydrogen) atoms. The fourth-order valence-electron chi connectivity index (χ4n) is 3.42. The molecular formula is C25H23FN2O5. The molecule has 1 aliphatic rings. The van der Waals surface area contributed by atoms with Gasteiger partial charge < -0.3 is 24.4 Å². The van der Waals surface area contributed by atoms with Crippen molar-refractivity contribution in [1.82, 2.24) is 4.90 Å². The number of hydrogen-bond donors (Lipinski definition) is 1. The number of halogens is 1. The average molecular weight is 450 g/mol. The standard InChI is InChI=1S/C25H23FN2O5/c1-2-28(14-17-11-12-22-23(13-17)33-16-32-22)25(30)18-7-3-6-10-21(18)31-15-24(29)27-20-9-5-4-8-19(20)26/h3-13H,2,14-16H2,1H3,(H,27,29). The van der Waals surface area contributed by atoms with Gasteiger partial charge in [-0.1, -0.05) is 30.3 Å². The lowest BCUT2D eigenvalue weighted by Crippen LogP contribution is -2.31. The van der Waals surface area contributed by atoms with Gasteiger partial charge in [-0.25, -0.2) is 4.39 Å². The number of carbonyl (C=O) groups is 2. The van der Waals surface area contributed by atoms with Gasteiger partial charge in [0.1, 0.15) is 11.6 Å². The maximum atomic E-state index is 13.7. The molecule has 8 heteroatoms. The van der Waals surface area contributed by atoms with E-state index >= 15 is 0 Å². The molecule has 3 aromatic rings. The summed E-state index contributed by atoms with van der Waals surface area (Å²) < 4.78 is 30.1. The number of anilines is 1. The van der Waals surface area contributed by atoms with E-state index in [-0.39, 0.29) is 30.7 Å². The summed E-state index contributed by atoms with van der Waals surface area (Å²) >= 11 is 0. The molecule has 0 radical (unpaired) electrons. The lowest BCUT2D eigenvalue weighted by atomic mass is 10.1. The SMILES string of the molecule is CCN(Cc1ccc2c(c1)OCO2)C(=O)c1ccccc1OCC(=O)Nc1ccccc1F. The number of para-hydroxylation sites is 2. The topological polar surface area (TPSA) is 77.1 Å². The number of fused-ring (bicyclic) bond motifs is 1. The average Bonchev–Trinajstić information content (AvgIpc) is 3.30. The van der Waals surface area contributed by atoms with Gasteiger partial charge >= 0.3 is 0 Å². The molecule has 0 unspecified atom stereocenters. The minimum absolute atomic E-state index is 0.0661. The molecule has 1 heterocycles. The van der Waals surface area contributed by atoms with E-state index in [9.17, 15) is 14.0 Å². The van der Waals surface area contributed by atoms with Crippen molar-refractivity contribution in [1.29, 1.82) is 0 Å². The third kappa shape index (κ3) is 5.23. The molecule has 0 atom stereocenters. The predicted octanol–water partition coefficient (Wildman–Crippen LogP) is 4.23. The molecule has 170 valence electrons. The number of rotatable bonds is 8. The summed E-state index contributed by atoms with van der Waals surface area (Å²) in [6.45, 7) is 2.54. The van der Waals surface area contributed by atoms with Crippen LogP contribution >= 0.6 is 0 Å². The number of amides is 2. The van der Waals surface area contributed by atoms with Crippen molar-refractivity contribution in [2.24, 2.45) is 0 Å². The van der Waals surface area contributed by atoms with E-state index < -0.39 is 11.7 Å². The van der Waals surface area contributed by atoms with Gasteiger partial charge in [-0.2, -0.15) is 0 Å². The highest BCUT2D eigenvalue weighted by Gasteiger charge is 2.21. The van der Waals surface area contributed by atoms with Crippen LogP contribution in [0.1, 0.15) is 22.8 Å². The molecule has 0 bridgehead atoms. The van der Waals surface area contributed by atoms with Crippen molar-refractivity contribution in [3.8, 4) is 17.2 Å². The lowest BCUT2D eigenvalue weighted by molar-refractivity contribution is -0.118. The highest BCUT2D eigenvalue weighted by atomic mass is 19.1. The Bertz CT molecular complexity index is 1170. The first-order chi connectivity index (χ1) is 16.0. The normalized spacial score (nSPS) is 11.7. The molecule has 0 spiro atoms. The fourth-order valence-corrected chi connectivity index (χ4v) is 3.42. The Hall–Kier alpha value is -4.07. The quantitative estimate of drug-likeness (QED) is 0.556. The molecule has 1 N–H and O–H groups in total. The highest BCUT2D eigenvalue weighted by molar-refractivity contribution is 5.97. The number of hydrogen-bond acceptors (Lipinski definition) is 5. The molecule has 0 saturated heterocycles. The third-order valence-electron chi connectivity index (χ3n) is 5.10. The summed E-state index contributed by atoms with van der Waals surface area (Å²) in [5.74, 6) is 0.301. The number of benzene rings is 3. The Balaban J connectivity index is 1.43. The molecule has 3 aromatic carbocycles. The molecule has 0 fully saturated rings. The largest absolute Gasteiger partial charge is 0.483 e. The van der Waals surface area contributed by atoms with Gasteiger partial charge in [0.05, 0.1) is 11.3 Å². The van der Waals surface area contributed by atoms with E-state index in [0.717, 1.165) is 5.56 Å². The molecule has 7 nitrogen and oxygen atoms in total. The van der Waals surface area contributed by atoms with E-state index in [1.54, 1.807) is 35.2 Å². The molecule has 0 aromatic heterocycles. The Morgan fingerprint density at radius 2 is 1.79 bits per heavy atom. The monoisotopic (exact) mass is 450 g/mol. The van der Waals surface area contributed by atoms with Crippen LogP contribution in [-0.4, -0.2) is 36.7 Å². The maximum absolute atomic E-state index is 13.7. The van der Waals surface area contributed by atoms with Gasteiger partial charge in [0, 0.05) is 13.1 Å². The van der Waals surface area contributed by atoms with Crippen molar-refractivity contribution in [2.75, 3.05) is 25.3 Å². The van der Waals surface area contributed by atoms with Gasteiger partial charge in [0.2, 0.25) is 6.79 Å². The summed E-state index contributed by atoms with van der Waals surface area (Å²) in [6.07, 6.45) is 0. The molecule has 0 aliphatic carbocycles. The van der Waals surface area contributed by atoms with Crippen LogP contribution in [0.5, 0.6) is 17.2 Å². The Kier molecular flexibility index (Phi) is 6.73. The number of ether oxygens (including phenoxy) is 3. The molecule has 4 rings (SSSR count). The summed E-state index contributed by atoms with van der Waals surface area (Å²) in [5, 5.41) is 2.46. The Labute approximate surface area is 190 Å². The fraction of sp³-hybridized carbons (Fsp3) is 0.200. The minimum atomic E-state index is -0.538. The molecule has 1 aliphatic heterocycles. The van der Waals surface area contributed by atoms with Gasteiger partial charge in [-0.3, -0.25) is 9.59 Å². The third-order valence-corrected chi connectivity index (χ3v) is 5.10. The van der Waals surface area contributed by atoms with Crippen LogP contribution in [-0.2, 0) is 11.3 Å². The van der Waals surface area contributed by atoms with Crippen LogP contribution in [0.2, 0.25) is 0 Å². The van der Waals surface area contributed by atoms with Crippen molar-refractivity contribution in [3.05, 3.63) is 83.7 Å². The van der Waals surface area contributed by atoms with E-state index in [1.165, 1.54) is 18.2 Å². The van der Waals surface area contributed by atoms with Crippen molar-refractivity contribution < 1.29 is 28.2 Å². The molecule has 2 amide bonds. The van der Waals surface area contributed by atoms with Crippen LogP contribution in [0.25, 0.3) is 0 Å². The van der Waals surface area contributed by atoms with Crippen LogP contribution < -0.4 is 19.5 Å². The smallest absolute Gasteiger partial charge is 0.262 e. The number of nitrogens with one attached hydrogen (secondary N) is 1. The van der Waals surface area contributed by atoms with Crippen LogP contribution in [0, 0.1) is 5.82 Å². The minimum Gasteiger partial charge on any atom is -0.483 e. The zero-order valence-electron chi connectivity index (χ0n) is 18.0. The summed E-state index contributed by atoms with van der Waals surface area (Å²) in [4.78, 5) is 27.1. The second-order valence-corrected chi connectivity index (χ2v) is 7.32. The van der Waals surface area contributed by atoms with E-state index in [2.05, 4.69) is 5.32 Å². The Morgan fingerprint density at radius 1 is 1.03 bits per heavy atom. The maximum Gasteiger partial charge on any atom is 0.262 e. The first kappa shape index (κ1) is 22.1. The van der Waals surface area contributed by atoms with Gasteiger partial charge in [-0.15, -0.1) is 0 Å². The second kappa shape index (κ2) is 10.0. The summed E-state index contributed by atoms with van der Waals surface area (Å²) in [5.41, 5.74) is 1.30. The lowest BCUT2D eigenvalue weighted by Gasteiger charge is -2.22. The first-order valence-electron chi connectivity index (χ1n) is 10.5. The number of nitrogens with zero attached hydrogens (tertiary/aromatic N) is 1. The zero-order valence-corrected chi connectivity index (χ0v) is 18.0. The molecule has 0 saturated carbocycles. The van der Waals surface area contributed by atoms with E-state index in [0.29, 0.717) is 30.2 Å².